The van der Waals surface area contributed by atoms with E-state index in [9.17, 15) is 14.0 Å². The van der Waals surface area contributed by atoms with E-state index in [0.29, 0.717) is 18.7 Å². The molecule has 2 amide bonds. The van der Waals surface area contributed by atoms with Gasteiger partial charge >= 0.3 is 0 Å². The number of halogens is 1. The summed E-state index contributed by atoms with van der Waals surface area (Å²) in [6.07, 6.45) is 2.40. The van der Waals surface area contributed by atoms with Crippen molar-refractivity contribution in [1.29, 1.82) is 0 Å². The molecule has 0 unspecified atom stereocenters. The predicted molar refractivity (Wildman–Crippen MR) is 92.2 cm³/mol. The summed E-state index contributed by atoms with van der Waals surface area (Å²) in [7, 11) is 1.68. The third kappa shape index (κ3) is 3.68. The molecule has 0 spiro atoms. The van der Waals surface area contributed by atoms with E-state index in [0.717, 1.165) is 11.1 Å². The number of rotatable bonds is 3. The van der Waals surface area contributed by atoms with Gasteiger partial charge in [0.15, 0.2) is 0 Å². The van der Waals surface area contributed by atoms with Crippen LogP contribution < -0.4 is 5.32 Å². The minimum Gasteiger partial charge on any atom is -0.338 e. The molecule has 5 nitrogen and oxygen atoms in total. The number of aromatic nitrogens is 1. The van der Waals surface area contributed by atoms with Crippen LogP contribution in [0.3, 0.4) is 0 Å². The highest BCUT2D eigenvalue weighted by Gasteiger charge is 2.38. The summed E-state index contributed by atoms with van der Waals surface area (Å²) in [6.45, 7) is 1.92. The van der Waals surface area contributed by atoms with Crippen LogP contribution in [-0.4, -0.2) is 28.7 Å². The average Bonchev–Trinajstić information content (AvgIpc) is 2.58. The minimum atomic E-state index is -0.424. The highest BCUT2D eigenvalue weighted by Crippen LogP contribution is 2.36. The number of hydrogen-bond acceptors (Lipinski definition) is 3. The lowest BCUT2D eigenvalue weighted by Gasteiger charge is -2.38. The quantitative estimate of drug-likeness (QED) is 0.933. The second kappa shape index (κ2) is 7.01. The van der Waals surface area contributed by atoms with Crippen LogP contribution in [0.5, 0.6) is 0 Å². The number of nitrogens with one attached hydrogen (secondary N) is 1. The average molecular weight is 341 g/mol. The fourth-order valence-corrected chi connectivity index (χ4v) is 3.25. The Labute approximate surface area is 145 Å². The standard InChI is InChI=1S/C19H20FN3O2/c1-12-9-10-21-16(11-12)22-19(25)15-7-8-17(24)23(2)18(15)13-3-5-14(20)6-4-13/h3-6,9-11,15,18H,7-8H2,1-2H3,(H,21,22,25)/t15-,18+/m0/s1. The number of hydrogen-bond donors (Lipinski definition) is 1. The van der Waals surface area contributed by atoms with Gasteiger partial charge in [0.2, 0.25) is 11.8 Å². The van der Waals surface area contributed by atoms with Crippen molar-refractivity contribution >= 4 is 17.6 Å². The molecule has 1 aliphatic rings. The Morgan fingerprint density at radius 1 is 1.28 bits per heavy atom. The molecule has 2 heterocycles. The number of likely N-dealkylation sites (tertiary alicyclic amines) is 1. The molecule has 1 N–H and O–H groups in total. The van der Waals surface area contributed by atoms with Crippen molar-refractivity contribution < 1.29 is 14.0 Å². The van der Waals surface area contributed by atoms with Crippen molar-refractivity contribution in [3.05, 3.63) is 59.5 Å². The number of nitrogens with zero attached hydrogens (tertiary/aromatic N) is 2. The zero-order valence-corrected chi connectivity index (χ0v) is 14.2. The van der Waals surface area contributed by atoms with Gasteiger partial charge < -0.3 is 10.2 Å². The largest absolute Gasteiger partial charge is 0.338 e. The van der Waals surface area contributed by atoms with Crippen molar-refractivity contribution in [2.24, 2.45) is 5.92 Å². The fraction of sp³-hybridized carbons (Fsp3) is 0.316. The smallest absolute Gasteiger partial charge is 0.231 e. The van der Waals surface area contributed by atoms with Crippen molar-refractivity contribution in [2.45, 2.75) is 25.8 Å². The molecule has 6 heteroatoms. The Morgan fingerprint density at radius 2 is 2.00 bits per heavy atom. The van der Waals surface area contributed by atoms with E-state index in [2.05, 4.69) is 10.3 Å². The van der Waals surface area contributed by atoms with E-state index >= 15 is 0 Å². The van der Waals surface area contributed by atoms with E-state index in [1.54, 1.807) is 36.3 Å². The van der Waals surface area contributed by atoms with Gasteiger partial charge in [-0.1, -0.05) is 12.1 Å². The topological polar surface area (TPSA) is 62.3 Å². The number of amides is 2. The molecule has 3 rings (SSSR count). The van der Waals surface area contributed by atoms with Crippen LogP contribution in [0.1, 0.15) is 30.0 Å². The molecular weight excluding hydrogens is 321 g/mol. The van der Waals surface area contributed by atoms with Gasteiger partial charge in [-0.2, -0.15) is 0 Å². The van der Waals surface area contributed by atoms with Crippen LogP contribution in [0.15, 0.2) is 42.6 Å². The molecule has 1 aromatic carbocycles. The normalized spacial score (nSPS) is 20.4. The maximum Gasteiger partial charge on any atom is 0.231 e. The van der Waals surface area contributed by atoms with Crippen LogP contribution in [0.25, 0.3) is 0 Å². The second-order valence-corrected chi connectivity index (χ2v) is 6.35. The Bertz CT molecular complexity index is 792. The van der Waals surface area contributed by atoms with Crippen LogP contribution >= 0.6 is 0 Å². The van der Waals surface area contributed by atoms with Crippen LogP contribution in [0.2, 0.25) is 0 Å². The zero-order chi connectivity index (χ0) is 18.0. The van der Waals surface area contributed by atoms with Gasteiger partial charge in [-0.15, -0.1) is 0 Å². The van der Waals surface area contributed by atoms with E-state index in [1.807, 2.05) is 13.0 Å². The summed E-state index contributed by atoms with van der Waals surface area (Å²) in [6, 6.07) is 9.16. The number of benzene rings is 1. The van der Waals surface area contributed by atoms with Crippen LogP contribution in [-0.2, 0) is 9.59 Å². The molecule has 1 aromatic heterocycles. The summed E-state index contributed by atoms with van der Waals surface area (Å²) >= 11 is 0. The van der Waals surface area contributed by atoms with Crippen molar-refractivity contribution in [1.82, 2.24) is 9.88 Å². The van der Waals surface area contributed by atoms with E-state index in [-0.39, 0.29) is 17.6 Å². The monoisotopic (exact) mass is 341 g/mol. The summed E-state index contributed by atoms with van der Waals surface area (Å²) in [5, 5.41) is 2.84. The Morgan fingerprint density at radius 3 is 2.68 bits per heavy atom. The minimum absolute atomic E-state index is 0.0212. The summed E-state index contributed by atoms with van der Waals surface area (Å²) in [5.74, 6) is -0.491. The number of pyridine rings is 1. The lowest BCUT2D eigenvalue weighted by atomic mass is 9.84. The summed E-state index contributed by atoms with van der Waals surface area (Å²) in [5.41, 5.74) is 1.74. The molecule has 0 radical (unpaired) electrons. The predicted octanol–water partition coefficient (Wildman–Crippen LogP) is 3.08. The van der Waals surface area contributed by atoms with Gasteiger partial charge in [-0.05, 0) is 48.7 Å². The zero-order valence-electron chi connectivity index (χ0n) is 14.2. The molecule has 0 bridgehead atoms. The first-order chi connectivity index (χ1) is 12.0. The van der Waals surface area contributed by atoms with Gasteiger partial charge in [-0.25, -0.2) is 9.37 Å². The molecule has 1 saturated heterocycles. The highest BCUT2D eigenvalue weighted by atomic mass is 19.1. The van der Waals surface area contributed by atoms with Gasteiger partial charge in [0, 0.05) is 19.7 Å². The lowest BCUT2D eigenvalue weighted by Crippen LogP contribution is -2.44. The van der Waals surface area contributed by atoms with Crippen molar-refractivity contribution in [3.63, 3.8) is 0 Å². The van der Waals surface area contributed by atoms with E-state index < -0.39 is 12.0 Å². The first kappa shape index (κ1) is 17.1. The maximum atomic E-state index is 13.2. The maximum absolute atomic E-state index is 13.2. The SMILES string of the molecule is Cc1ccnc(NC(=O)[C@H]2CCC(=O)N(C)[C@@H]2c2ccc(F)cc2)c1. The Hall–Kier alpha value is -2.76. The Balaban J connectivity index is 1.87. The molecular formula is C19H20FN3O2. The molecule has 2 aromatic rings. The van der Waals surface area contributed by atoms with Crippen LogP contribution in [0.4, 0.5) is 10.2 Å². The van der Waals surface area contributed by atoms with Crippen molar-refractivity contribution in [2.75, 3.05) is 12.4 Å². The second-order valence-electron chi connectivity index (χ2n) is 6.35. The molecule has 25 heavy (non-hydrogen) atoms. The number of aryl methyl sites for hydroxylation is 1. The first-order valence-corrected chi connectivity index (χ1v) is 8.20. The summed E-state index contributed by atoms with van der Waals surface area (Å²) in [4.78, 5) is 30.7. The van der Waals surface area contributed by atoms with Gasteiger partial charge in [0.25, 0.3) is 0 Å². The van der Waals surface area contributed by atoms with E-state index in [4.69, 9.17) is 0 Å². The number of piperidine rings is 1. The van der Waals surface area contributed by atoms with Crippen LogP contribution in [0, 0.1) is 18.7 Å². The van der Waals surface area contributed by atoms with Gasteiger partial charge in [0.1, 0.15) is 11.6 Å². The number of carbonyl (C=O) groups excluding carboxylic acids is 2. The molecule has 0 aliphatic carbocycles. The third-order valence-electron chi connectivity index (χ3n) is 4.58. The van der Waals surface area contributed by atoms with Gasteiger partial charge in [-0.3, -0.25) is 9.59 Å². The van der Waals surface area contributed by atoms with Gasteiger partial charge in [0.05, 0.1) is 12.0 Å². The fourth-order valence-electron chi connectivity index (χ4n) is 3.25. The van der Waals surface area contributed by atoms with E-state index in [1.165, 1.54) is 12.1 Å². The molecule has 0 saturated carbocycles. The Kier molecular flexibility index (Phi) is 4.79. The molecule has 1 fully saturated rings. The number of anilines is 1. The third-order valence-corrected chi connectivity index (χ3v) is 4.58. The highest BCUT2D eigenvalue weighted by molar-refractivity contribution is 5.94. The molecule has 2 atom stereocenters. The number of carbonyl (C=O) groups is 2. The molecule has 130 valence electrons. The summed E-state index contributed by atoms with van der Waals surface area (Å²) < 4.78 is 13.2. The molecule has 1 aliphatic heterocycles. The van der Waals surface area contributed by atoms with Crippen molar-refractivity contribution in [3.8, 4) is 0 Å². The first-order valence-electron chi connectivity index (χ1n) is 8.20. The lowest BCUT2D eigenvalue weighted by molar-refractivity contribution is -0.140.